The molecule has 2 aliphatic carbocycles. The second-order valence-corrected chi connectivity index (χ2v) is 8.51. The summed E-state index contributed by atoms with van der Waals surface area (Å²) in [6.07, 6.45) is 1.10. The first kappa shape index (κ1) is 19.3. The molecular weight excluding hydrogens is 403 g/mol. The SMILES string of the molecule is COc1c(N2CC3CC(F)(F)C(N)C3C2)c(F)c(N)c2c(=O)[nH]c(=O)n(C3CC3)c12. The number of nitrogens with one attached hydrogen (secondary N) is 1. The third-order valence-electron chi connectivity index (χ3n) is 6.70. The highest BCUT2D eigenvalue weighted by molar-refractivity contribution is 5.99. The molecule has 2 saturated carbocycles. The largest absolute Gasteiger partial charge is 0.492 e. The maximum Gasteiger partial charge on any atom is 0.329 e. The summed E-state index contributed by atoms with van der Waals surface area (Å²) in [4.78, 5) is 28.8. The van der Waals surface area contributed by atoms with Crippen molar-refractivity contribution in [3.8, 4) is 5.75 Å². The Labute approximate surface area is 168 Å². The van der Waals surface area contributed by atoms with Gasteiger partial charge in [-0.1, -0.05) is 0 Å². The van der Waals surface area contributed by atoms with Gasteiger partial charge in [-0.05, 0) is 18.8 Å². The number of aromatic amines is 1. The predicted octanol–water partition coefficient (Wildman–Crippen LogP) is 1.17. The Hall–Kier alpha value is -2.69. The average Bonchev–Trinajstić information content (AvgIpc) is 3.38. The fraction of sp³-hybridized carbons (Fsp3) is 0.579. The van der Waals surface area contributed by atoms with E-state index in [1.54, 1.807) is 4.90 Å². The minimum atomic E-state index is -2.95. The third-order valence-corrected chi connectivity index (χ3v) is 6.70. The summed E-state index contributed by atoms with van der Waals surface area (Å²) in [5.41, 5.74) is 10.1. The lowest BCUT2D eigenvalue weighted by Gasteiger charge is -2.27. The first-order valence-corrected chi connectivity index (χ1v) is 9.87. The number of alkyl halides is 2. The summed E-state index contributed by atoms with van der Waals surface area (Å²) in [7, 11) is 1.31. The number of methoxy groups -OCH3 is 1. The molecule has 3 atom stereocenters. The molecule has 3 unspecified atom stereocenters. The number of nitrogens with zero attached hydrogens (tertiary/aromatic N) is 2. The lowest BCUT2D eigenvalue weighted by atomic mass is 9.98. The van der Waals surface area contributed by atoms with Gasteiger partial charge in [-0.2, -0.15) is 0 Å². The topological polar surface area (TPSA) is 119 Å². The summed E-state index contributed by atoms with van der Waals surface area (Å²) >= 11 is 0. The molecule has 2 aromatic rings. The van der Waals surface area contributed by atoms with Crippen molar-refractivity contribution in [2.75, 3.05) is 30.8 Å². The number of hydrogen-bond donors (Lipinski definition) is 3. The van der Waals surface area contributed by atoms with E-state index in [0.29, 0.717) is 0 Å². The highest BCUT2D eigenvalue weighted by atomic mass is 19.3. The van der Waals surface area contributed by atoms with Gasteiger partial charge in [-0.15, -0.1) is 0 Å². The molecule has 11 heteroatoms. The Morgan fingerprint density at radius 2 is 1.93 bits per heavy atom. The van der Waals surface area contributed by atoms with Gasteiger partial charge in [0, 0.05) is 31.5 Å². The van der Waals surface area contributed by atoms with Gasteiger partial charge in [0.25, 0.3) is 11.5 Å². The Bertz CT molecular complexity index is 1170. The van der Waals surface area contributed by atoms with E-state index in [1.165, 1.54) is 11.7 Å². The van der Waals surface area contributed by atoms with Crippen LogP contribution in [0.5, 0.6) is 5.75 Å². The standard InChI is InChI=1S/C19H22F3N5O3/c1-30-15-13-10(17(28)25-18(29)27(13)8-2-3-8)12(23)11(20)14(15)26-5-7-4-19(21,22)16(24)9(7)6-26/h7-9,16H,2-6,23-24H2,1H3,(H,25,28,29). The van der Waals surface area contributed by atoms with Gasteiger partial charge < -0.3 is 21.1 Å². The number of aromatic nitrogens is 2. The van der Waals surface area contributed by atoms with Gasteiger partial charge in [0.1, 0.15) is 11.2 Å². The Morgan fingerprint density at radius 1 is 1.23 bits per heavy atom. The van der Waals surface area contributed by atoms with Gasteiger partial charge in [0.2, 0.25) is 0 Å². The minimum Gasteiger partial charge on any atom is -0.492 e. The molecule has 3 fully saturated rings. The van der Waals surface area contributed by atoms with E-state index in [2.05, 4.69) is 4.98 Å². The molecule has 2 heterocycles. The quantitative estimate of drug-likeness (QED) is 0.636. The zero-order valence-corrected chi connectivity index (χ0v) is 16.3. The van der Waals surface area contributed by atoms with Crippen molar-refractivity contribution >= 4 is 22.3 Å². The van der Waals surface area contributed by atoms with Crippen molar-refractivity contribution in [2.24, 2.45) is 17.6 Å². The lowest BCUT2D eigenvalue weighted by Crippen LogP contribution is -2.42. The van der Waals surface area contributed by atoms with Crippen LogP contribution in [-0.2, 0) is 0 Å². The molecule has 1 aromatic carbocycles. The summed E-state index contributed by atoms with van der Waals surface area (Å²) in [6, 6.07) is -1.46. The van der Waals surface area contributed by atoms with Crippen molar-refractivity contribution in [2.45, 2.75) is 37.3 Å². The number of anilines is 2. The van der Waals surface area contributed by atoms with Crippen molar-refractivity contribution in [1.29, 1.82) is 0 Å². The molecule has 1 aromatic heterocycles. The predicted molar refractivity (Wildman–Crippen MR) is 105 cm³/mol. The number of nitrogens with two attached hydrogens (primary N) is 2. The van der Waals surface area contributed by atoms with Gasteiger partial charge in [0.05, 0.1) is 24.2 Å². The number of ether oxygens (including phenoxy) is 1. The van der Waals surface area contributed by atoms with Crippen LogP contribution < -0.4 is 32.4 Å². The second-order valence-electron chi connectivity index (χ2n) is 8.51. The van der Waals surface area contributed by atoms with Crippen LogP contribution in [0.3, 0.4) is 0 Å². The second kappa shape index (κ2) is 6.16. The van der Waals surface area contributed by atoms with Gasteiger partial charge >= 0.3 is 5.69 Å². The van der Waals surface area contributed by atoms with Crippen LogP contribution in [0.1, 0.15) is 25.3 Å². The molecule has 1 saturated heterocycles. The van der Waals surface area contributed by atoms with E-state index in [1.807, 2.05) is 0 Å². The number of nitrogen functional groups attached to an aromatic ring is 1. The average molecular weight is 425 g/mol. The number of fused-ring (bicyclic) bond motifs is 2. The minimum absolute atomic E-state index is 0.00658. The zero-order valence-electron chi connectivity index (χ0n) is 16.3. The zero-order chi connectivity index (χ0) is 21.5. The number of rotatable bonds is 3. The molecule has 162 valence electrons. The van der Waals surface area contributed by atoms with Crippen molar-refractivity contribution in [3.05, 3.63) is 26.7 Å². The van der Waals surface area contributed by atoms with Crippen molar-refractivity contribution in [1.82, 2.24) is 9.55 Å². The highest BCUT2D eigenvalue weighted by Gasteiger charge is 2.57. The van der Waals surface area contributed by atoms with E-state index in [0.717, 1.165) is 12.8 Å². The van der Waals surface area contributed by atoms with E-state index >= 15 is 4.39 Å². The fourth-order valence-electron chi connectivity index (χ4n) is 5.13. The number of halogens is 3. The summed E-state index contributed by atoms with van der Waals surface area (Å²) in [5, 5.41) is -0.151. The molecule has 0 bridgehead atoms. The summed E-state index contributed by atoms with van der Waals surface area (Å²) < 4.78 is 50.3. The van der Waals surface area contributed by atoms with E-state index < -0.39 is 46.6 Å². The van der Waals surface area contributed by atoms with Crippen LogP contribution in [0.2, 0.25) is 0 Å². The van der Waals surface area contributed by atoms with Gasteiger partial charge in [-0.25, -0.2) is 18.0 Å². The molecule has 0 spiro atoms. The van der Waals surface area contributed by atoms with Gasteiger partial charge in [0.15, 0.2) is 11.6 Å². The number of benzene rings is 1. The van der Waals surface area contributed by atoms with E-state index in [9.17, 15) is 18.4 Å². The highest BCUT2D eigenvalue weighted by Crippen LogP contribution is 2.50. The van der Waals surface area contributed by atoms with Crippen molar-refractivity contribution < 1.29 is 17.9 Å². The molecule has 3 aliphatic rings. The smallest absolute Gasteiger partial charge is 0.329 e. The maximum atomic E-state index is 15.4. The molecule has 0 radical (unpaired) electrons. The van der Waals surface area contributed by atoms with Crippen molar-refractivity contribution in [3.63, 3.8) is 0 Å². The maximum absolute atomic E-state index is 15.4. The first-order valence-electron chi connectivity index (χ1n) is 9.87. The van der Waals surface area contributed by atoms with E-state index in [-0.39, 0.29) is 47.9 Å². The Kier molecular flexibility index (Phi) is 3.96. The van der Waals surface area contributed by atoms with Crippen LogP contribution >= 0.6 is 0 Å². The van der Waals surface area contributed by atoms with Crippen LogP contribution in [-0.4, -0.2) is 41.7 Å². The van der Waals surface area contributed by atoms with Gasteiger partial charge in [-0.3, -0.25) is 14.3 Å². The molecule has 5 N–H and O–H groups in total. The van der Waals surface area contributed by atoms with Crippen LogP contribution in [0.4, 0.5) is 24.5 Å². The lowest BCUT2D eigenvalue weighted by molar-refractivity contribution is -0.0146. The number of H-pyrrole nitrogens is 1. The molecule has 30 heavy (non-hydrogen) atoms. The van der Waals surface area contributed by atoms with Crippen LogP contribution in [0.25, 0.3) is 10.9 Å². The third kappa shape index (κ3) is 2.50. The first-order chi connectivity index (χ1) is 14.2. The molecular formula is C19H22F3N5O3. The molecule has 8 nitrogen and oxygen atoms in total. The van der Waals surface area contributed by atoms with Crippen LogP contribution in [0, 0.1) is 17.7 Å². The molecule has 1 aliphatic heterocycles. The van der Waals surface area contributed by atoms with Crippen LogP contribution in [0.15, 0.2) is 9.59 Å². The summed E-state index contributed by atoms with van der Waals surface area (Å²) in [6.45, 7) is 0.263. The summed E-state index contributed by atoms with van der Waals surface area (Å²) in [5.74, 6) is -4.73. The monoisotopic (exact) mass is 425 g/mol. The molecule has 0 amide bonds. The fourth-order valence-corrected chi connectivity index (χ4v) is 5.13. The molecule has 5 rings (SSSR count). The normalized spacial score (nSPS) is 27.6. The Balaban J connectivity index is 1.73. The number of hydrogen-bond acceptors (Lipinski definition) is 6. The van der Waals surface area contributed by atoms with E-state index in [4.69, 9.17) is 16.2 Å². The Morgan fingerprint density at radius 3 is 2.53 bits per heavy atom.